The molecule has 2 fully saturated rings. The molecular weight excluding hydrogens is 533 g/mol. The van der Waals surface area contributed by atoms with Gasteiger partial charge in [-0.1, -0.05) is 44.1 Å². The number of piperidine rings is 2. The van der Waals surface area contributed by atoms with E-state index in [9.17, 15) is 4.39 Å². The minimum Gasteiger partial charge on any atom is -0.490 e. The van der Waals surface area contributed by atoms with Crippen LogP contribution < -0.4 is 20.3 Å². The monoisotopic (exact) mass is 573 g/mol. The third-order valence-corrected chi connectivity index (χ3v) is 8.26. The van der Waals surface area contributed by atoms with Gasteiger partial charge < -0.3 is 24.8 Å². The zero-order chi connectivity index (χ0) is 27.4. The van der Waals surface area contributed by atoms with E-state index in [1.165, 1.54) is 6.07 Å². The van der Waals surface area contributed by atoms with Gasteiger partial charge >= 0.3 is 6.01 Å². The summed E-state index contributed by atoms with van der Waals surface area (Å²) in [6.45, 7) is 10.3. The van der Waals surface area contributed by atoms with E-state index in [1.54, 1.807) is 18.5 Å². The van der Waals surface area contributed by atoms with Crippen LogP contribution in [0.1, 0.15) is 69.7 Å². The summed E-state index contributed by atoms with van der Waals surface area (Å²) < 4.78 is 25.7. The second kappa shape index (κ2) is 13.6. The first-order chi connectivity index (χ1) is 18.9. The van der Waals surface area contributed by atoms with Crippen molar-refractivity contribution in [2.45, 2.75) is 64.3 Å². The van der Waals surface area contributed by atoms with Crippen LogP contribution in [-0.2, 0) is 0 Å². The highest BCUT2D eigenvalue weighted by atomic mass is 35.5. The van der Waals surface area contributed by atoms with Crippen LogP contribution in [0.25, 0.3) is 0 Å². The van der Waals surface area contributed by atoms with Gasteiger partial charge in [-0.15, -0.1) is 12.4 Å². The molecule has 0 amide bonds. The van der Waals surface area contributed by atoms with E-state index in [2.05, 4.69) is 50.7 Å². The number of anilines is 2. The van der Waals surface area contributed by atoms with Gasteiger partial charge in [0.05, 0.1) is 19.0 Å². The predicted molar refractivity (Wildman–Crippen MR) is 156 cm³/mol. The summed E-state index contributed by atoms with van der Waals surface area (Å²) in [6, 6.07) is 7.37. The number of aromatic nitrogens is 4. The second-order valence-electron chi connectivity index (χ2n) is 11.3. The van der Waals surface area contributed by atoms with Crippen LogP contribution in [0.2, 0.25) is 0 Å². The Morgan fingerprint density at radius 1 is 1.05 bits per heavy atom. The maximum Gasteiger partial charge on any atom is 0.324 e. The fourth-order valence-corrected chi connectivity index (χ4v) is 5.72. The standard InChI is InChI=1S/C29H40FN7O2.ClH/c1-19(2)27-34-29(39-35-27)36-12-8-21(9-13-36)20(3)11-15-38-22-16-32-28(33-17-22)37-14-10-24(26(31)18-37)23-6-4-5-7-25(23)30;/h4-7,16-17,19-21,24,26H,8-15,18,31H2,1-3H3;1H/t20?,24-,26+;/m1./s1. The van der Waals surface area contributed by atoms with Gasteiger partial charge in [0.25, 0.3) is 0 Å². The van der Waals surface area contributed by atoms with E-state index in [0.717, 1.165) is 51.1 Å². The Kier molecular flexibility index (Phi) is 10.2. The maximum atomic E-state index is 14.3. The molecule has 2 aliphatic rings. The highest BCUT2D eigenvalue weighted by Crippen LogP contribution is 2.31. The van der Waals surface area contributed by atoms with Crippen LogP contribution >= 0.6 is 12.4 Å². The number of benzene rings is 1. The third kappa shape index (κ3) is 7.01. The quantitative estimate of drug-likeness (QED) is 0.370. The first kappa shape index (κ1) is 30.0. The Morgan fingerprint density at radius 3 is 2.40 bits per heavy atom. The summed E-state index contributed by atoms with van der Waals surface area (Å²) in [6.07, 6.45) is 7.41. The molecule has 3 aromatic rings. The van der Waals surface area contributed by atoms with Crippen molar-refractivity contribution in [3.05, 3.63) is 53.9 Å². The van der Waals surface area contributed by atoms with Crippen molar-refractivity contribution in [1.82, 2.24) is 20.1 Å². The van der Waals surface area contributed by atoms with Crippen LogP contribution in [0.3, 0.4) is 0 Å². The lowest BCUT2D eigenvalue weighted by atomic mass is 9.84. The van der Waals surface area contributed by atoms with Crippen LogP contribution in [0.15, 0.2) is 41.2 Å². The first-order valence-electron chi connectivity index (χ1n) is 14.2. The Hall–Kier alpha value is -2.98. The number of halogens is 2. The highest BCUT2D eigenvalue weighted by molar-refractivity contribution is 5.85. The van der Waals surface area contributed by atoms with E-state index >= 15 is 0 Å². The molecule has 2 saturated heterocycles. The molecule has 218 valence electrons. The van der Waals surface area contributed by atoms with Crippen LogP contribution in [-0.4, -0.2) is 58.9 Å². The number of nitrogens with zero attached hydrogens (tertiary/aromatic N) is 6. The molecule has 2 N–H and O–H groups in total. The molecule has 0 spiro atoms. The van der Waals surface area contributed by atoms with E-state index in [0.29, 0.717) is 48.3 Å². The van der Waals surface area contributed by atoms with Gasteiger partial charge in [-0.25, -0.2) is 14.4 Å². The van der Waals surface area contributed by atoms with Crippen LogP contribution in [0.5, 0.6) is 5.75 Å². The van der Waals surface area contributed by atoms with Gasteiger partial charge in [0.15, 0.2) is 11.6 Å². The molecule has 0 bridgehead atoms. The summed E-state index contributed by atoms with van der Waals surface area (Å²) in [5.41, 5.74) is 7.14. The van der Waals surface area contributed by atoms with E-state index in [-0.39, 0.29) is 36.1 Å². The number of ether oxygens (including phenoxy) is 1. The average Bonchev–Trinajstić information content (AvgIpc) is 3.45. The zero-order valence-electron chi connectivity index (χ0n) is 23.6. The molecule has 5 rings (SSSR count). The third-order valence-electron chi connectivity index (χ3n) is 8.26. The van der Waals surface area contributed by atoms with Crippen molar-refractivity contribution < 1.29 is 13.7 Å². The SMILES string of the molecule is CC(C)c1noc(N2CCC(C(C)CCOc3cnc(N4CC[C@H](c5ccccc5F)[C@@H](N)C4)nc3)CC2)n1.Cl. The Morgan fingerprint density at radius 2 is 1.75 bits per heavy atom. The average molecular weight is 574 g/mol. The minimum atomic E-state index is -0.187. The molecule has 9 nitrogen and oxygen atoms in total. The molecular formula is C29H41ClFN7O2. The highest BCUT2D eigenvalue weighted by Gasteiger charge is 2.31. The van der Waals surface area contributed by atoms with Gasteiger partial charge in [-0.05, 0) is 49.1 Å². The molecule has 0 radical (unpaired) electrons. The van der Waals surface area contributed by atoms with Crippen molar-refractivity contribution in [3.63, 3.8) is 0 Å². The molecule has 3 atom stereocenters. The second-order valence-corrected chi connectivity index (χ2v) is 11.3. The summed E-state index contributed by atoms with van der Waals surface area (Å²) in [5.74, 6) is 3.34. The lowest BCUT2D eigenvalue weighted by molar-refractivity contribution is 0.219. The van der Waals surface area contributed by atoms with E-state index in [1.807, 2.05) is 12.1 Å². The van der Waals surface area contributed by atoms with Crippen LogP contribution in [0.4, 0.5) is 16.4 Å². The fourth-order valence-electron chi connectivity index (χ4n) is 5.72. The van der Waals surface area contributed by atoms with Gasteiger partial charge in [-0.3, -0.25) is 0 Å². The van der Waals surface area contributed by atoms with Crippen molar-refractivity contribution in [2.24, 2.45) is 17.6 Å². The molecule has 1 aromatic carbocycles. The van der Waals surface area contributed by atoms with Gasteiger partial charge in [0, 0.05) is 44.1 Å². The van der Waals surface area contributed by atoms with Crippen molar-refractivity contribution in [2.75, 3.05) is 42.6 Å². The lowest BCUT2D eigenvalue weighted by Crippen LogP contribution is -2.48. The first-order valence-corrected chi connectivity index (χ1v) is 14.2. The molecule has 0 saturated carbocycles. The van der Waals surface area contributed by atoms with Crippen molar-refractivity contribution in [3.8, 4) is 5.75 Å². The van der Waals surface area contributed by atoms with E-state index < -0.39 is 0 Å². The van der Waals surface area contributed by atoms with Crippen molar-refractivity contribution >= 4 is 24.4 Å². The smallest absolute Gasteiger partial charge is 0.324 e. The van der Waals surface area contributed by atoms with Crippen LogP contribution in [0, 0.1) is 17.7 Å². The number of nitrogens with two attached hydrogens (primary N) is 1. The molecule has 11 heteroatoms. The topological polar surface area (TPSA) is 106 Å². The van der Waals surface area contributed by atoms with Gasteiger partial charge in [-0.2, -0.15) is 4.98 Å². The fraction of sp³-hybridized carbons (Fsp3) is 0.586. The summed E-state index contributed by atoms with van der Waals surface area (Å²) in [4.78, 5) is 17.9. The molecule has 2 aliphatic heterocycles. The molecule has 1 unspecified atom stereocenters. The number of hydrogen-bond acceptors (Lipinski definition) is 9. The summed E-state index contributed by atoms with van der Waals surface area (Å²) >= 11 is 0. The number of rotatable bonds is 9. The maximum absolute atomic E-state index is 14.3. The minimum absolute atomic E-state index is 0. The van der Waals surface area contributed by atoms with Gasteiger partial charge in [0.1, 0.15) is 5.82 Å². The predicted octanol–water partition coefficient (Wildman–Crippen LogP) is 5.19. The van der Waals surface area contributed by atoms with Gasteiger partial charge in [0.2, 0.25) is 5.95 Å². The molecule has 40 heavy (non-hydrogen) atoms. The van der Waals surface area contributed by atoms with E-state index in [4.69, 9.17) is 15.0 Å². The molecule has 2 aromatic heterocycles. The number of hydrogen-bond donors (Lipinski definition) is 1. The Bertz CT molecular complexity index is 1200. The largest absolute Gasteiger partial charge is 0.490 e. The zero-order valence-corrected chi connectivity index (χ0v) is 24.4. The Balaban J connectivity index is 0.00000370. The summed E-state index contributed by atoms with van der Waals surface area (Å²) in [7, 11) is 0. The summed E-state index contributed by atoms with van der Waals surface area (Å²) in [5, 5.41) is 4.09. The normalized spacial score (nSPS) is 20.9. The Labute approximate surface area is 242 Å². The lowest BCUT2D eigenvalue weighted by Gasteiger charge is -2.37. The van der Waals surface area contributed by atoms with Crippen molar-refractivity contribution in [1.29, 1.82) is 0 Å². The molecule has 4 heterocycles. The molecule has 0 aliphatic carbocycles.